The molecular weight excluding hydrogens is 294 g/mol. The van der Waals surface area contributed by atoms with Crippen LogP contribution in [0.5, 0.6) is 0 Å². The molecule has 0 aromatic heterocycles. The minimum atomic E-state index is -3.89. The van der Waals surface area contributed by atoms with E-state index in [9.17, 15) is 18.0 Å². The zero-order valence-electron chi connectivity index (χ0n) is 11.8. The van der Waals surface area contributed by atoms with Crippen molar-refractivity contribution < 1.29 is 18.0 Å². The molecule has 7 nitrogen and oxygen atoms in total. The number of imide groups is 1. The van der Waals surface area contributed by atoms with E-state index in [1.54, 1.807) is 19.9 Å². The van der Waals surface area contributed by atoms with Gasteiger partial charge in [-0.3, -0.25) is 14.9 Å². The van der Waals surface area contributed by atoms with Crippen LogP contribution in [0.25, 0.3) is 0 Å². The molecule has 21 heavy (non-hydrogen) atoms. The Morgan fingerprint density at radius 2 is 1.95 bits per heavy atom. The van der Waals surface area contributed by atoms with Crippen LogP contribution in [0.3, 0.4) is 0 Å². The molecule has 1 aliphatic rings. The van der Waals surface area contributed by atoms with Crippen LogP contribution in [0.4, 0.5) is 5.69 Å². The van der Waals surface area contributed by atoms with E-state index in [0.29, 0.717) is 11.3 Å². The summed E-state index contributed by atoms with van der Waals surface area (Å²) in [6.07, 6.45) is 0.248. The average molecular weight is 311 g/mol. The number of sulfonamides is 1. The molecule has 0 aliphatic carbocycles. The van der Waals surface area contributed by atoms with Gasteiger partial charge in [-0.05, 0) is 43.5 Å². The van der Waals surface area contributed by atoms with Crippen molar-refractivity contribution in [1.29, 1.82) is 0 Å². The lowest BCUT2D eigenvalue weighted by Crippen LogP contribution is -2.52. The first kappa shape index (κ1) is 15.5. The van der Waals surface area contributed by atoms with Crippen molar-refractivity contribution >= 4 is 27.5 Å². The number of benzene rings is 1. The van der Waals surface area contributed by atoms with Crippen LogP contribution in [-0.4, -0.2) is 26.3 Å². The van der Waals surface area contributed by atoms with Gasteiger partial charge in [-0.15, -0.1) is 0 Å². The van der Waals surface area contributed by atoms with Crippen LogP contribution >= 0.6 is 0 Å². The number of carbonyl (C=O) groups excluding carboxylic acids is 2. The predicted octanol–water partition coefficient (Wildman–Crippen LogP) is -0.0309. The maximum Gasteiger partial charge on any atom is 0.244 e. The van der Waals surface area contributed by atoms with E-state index in [4.69, 9.17) is 5.73 Å². The molecule has 1 heterocycles. The van der Waals surface area contributed by atoms with E-state index in [-0.39, 0.29) is 17.7 Å². The molecule has 0 spiro atoms. The Morgan fingerprint density at radius 1 is 1.29 bits per heavy atom. The fourth-order valence-electron chi connectivity index (χ4n) is 2.19. The van der Waals surface area contributed by atoms with Crippen molar-refractivity contribution in [3.05, 3.63) is 23.3 Å². The van der Waals surface area contributed by atoms with Crippen molar-refractivity contribution in [3.63, 3.8) is 0 Å². The van der Waals surface area contributed by atoms with E-state index < -0.39 is 27.9 Å². The molecule has 114 valence electrons. The molecule has 0 radical (unpaired) electrons. The Bertz CT molecular complexity index is 712. The summed E-state index contributed by atoms with van der Waals surface area (Å²) in [4.78, 5) is 22.8. The maximum absolute atomic E-state index is 12.4. The van der Waals surface area contributed by atoms with Gasteiger partial charge in [0.25, 0.3) is 0 Å². The zero-order chi connectivity index (χ0) is 15.8. The number of carbonyl (C=O) groups is 2. The van der Waals surface area contributed by atoms with E-state index in [1.165, 1.54) is 6.07 Å². The number of hydrogen-bond acceptors (Lipinski definition) is 5. The smallest absolute Gasteiger partial charge is 0.244 e. The molecule has 1 aromatic carbocycles. The van der Waals surface area contributed by atoms with Gasteiger partial charge in [-0.2, -0.15) is 4.72 Å². The molecule has 0 saturated carbocycles. The summed E-state index contributed by atoms with van der Waals surface area (Å²) >= 11 is 0. The quantitative estimate of drug-likeness (QED) is 0.535. The van der Waals surface area contributed by atoms with Crippen molar-refractivity contribution in [1.82, 2.24) is 10.0 Å². The van der Waals surface area contributed by atoms with E-state index in [2.05, 4.69) is 10.0 Å². The van der Waals surface area contributed by atoms with Crippen LogP contribution in [0.2, 0.25) is 0 Å². The van der Waals surface area contributed by atoms with Crippen molar-refractivity contribution in [2.75, 3.05) is 5.73 Å². The first-order chi connectivity index (χ1) is 9.70. The third-order valence-corrected chi connectivity index (χ3v) is 5.07. The number of nitrogens with two attached hydrogens (primary N) is 1. The lowest BCUT2D eigenvalue weighted by Gasteiger charge is -2.22. The highest BCUT2D eigenvalue weighted by atomic mass is 32.2. The zero-order valence-corrected chi connectivity index (χ0v) is 12.6. The van der Waals surface area contributed by atoms with Gasteiger partial charge in [0, 0.05) is 12.1 Å². The minimum absolute atomic E-state index is 0.0460. The average Bonchev–Trinajstić information content (AvgIpc) is 2.37. The largest absolute Gasteiger partial charge is 0.399 e. The molecule has 1 fully saturated rings. The molecule has 1 aromatic rings. The fourth-order valence-corrected chi connectivity index (χ4v) is 3.77. The van der Waals surface area contributed by atoms with E-state index in [1.807, 2.05) is 0 Å². The predicted molar refractivity (Wildman–Crippen MR) is 76.8 cm³/mol. The van der Waals surface area contributed by atoms with Crippen LogP contribution in [0, 0.1) is 13.8 Å². The first-order valence-corrected chi connectivity index (χ1v) is 7.92. The van der Waals surface area contributed by atoms with Crippen LogP contribution in [-0.2, 0) is 19.6 Å². The molecule has 1 atom stereocenters. The minimum Gasteiger partial charge on any atom is -0.399 e. The van der Waals surface area contributed by atoms with Gasteiger partial charge >= 0.3 is 0 Å². The van der Waals surface area contributed by atoms with Gasteiger partial charge in [-0.1, -0.05) is 0 Å². The lowest BCUT2D eigenvalue weighted by molar-refractivity contribution is -0.134. The number of nitrogens with one attached hydrogen (secondary N) is 2. The second-order valence-electron chi connectivity index (χ2n) is 5.09. The highest BCUT2D eigenvalue weighted by Gasteiger charge is 2.31. The van der Waals surface area contributed by atoms with Gasteiger partial charge in [0.2, 0.25) is 21.8 Å². The van der Waals surface area contributed by atoms with Crippen molar-refractivity contribution in [3.8, 4) is 0 Å². The third-order valence-electron chi connectivity index (χ3n) is 3.47. The SMILES string of the molecule is Cc1cc(N)cc(S(=O)(=O)NC2CCC(=O)NC2=O)c1C. The second kappa shape index (κ2) is 5.45. The van der Waals surface area contributed by atoms with Crippen LogP contribution < -0.4 is 15.8 Å². The number of nitrogen functional groups attached to an aromatic ring is 1. The molecular formula is C13H17N3O4S. The summed E-state index contributed by atoms with van der Waals surface area (Å²) in [7, 11) is -3.89. The first-order valence-electron chi connectivity index (χ1n) is 6.43. The molecule has 1 unspecified atom stereocenters. The van der Waals surface area contributed by atoms with Crippen molar-refractivity contribution in [2.24, 2.45) is 0 Å². The van der Waals surface area contributed by atoms with E-state index in [0.717, 1.165) is 5.56 Å². The Morgan fingerprint density at radius 3 is 2.57 bits per heavy atom. The molecule has 4 N–H and O–H groups in total. The molecule has 0 bridgehead atoms. The van der Waals surface area contributed by atoms with Crippen LogP contribution in [0.1, 0.15) is 24.0 Å². The number of piperidine rings is 1. The number of amides is 2. The number of anilines is 1. The Kier molecular flexibility index (Phi) is 4.02. The van der Waals surface area contributed by atoms with Gasteiger partial charge < -0.3 is 5.73 Å². The van der Waals surface area contributed by atoms with Crippen molar-refractivity contribution in [2.45, 2.75) is 37.6 Å². The summed E-state index contributed by atoms with van der Waals surface area (Å²) in [5, 5.41) is 2.11. The highest BCUT2D eigenvalue weighted by Crippen LogP contribution is 2.23. The lowest BCUT2D eigenvalue weighted by atomic mass is 10.1. The van der Waals surface area contributed by atoms with Gasteiger partial charge in [0.05, 0.1) is 4.90 Å². The molecule has 8 heteroatoms. The summed E-state index contributed by atoms with van der Waals surface area (Å²) in [5.41, 5.74) is 7.34. The number of aryl methyl sites for hydroxylation is 1. The summed E-state index contributed by atoms with van der Waals surface area (Å²) in [6, 6.07) is 2.09. The van der Waals surface area contributed by atoms with Gasteiger partial charge in [0.1, 0.15) is 6.04 Å². The monoisotopic (exact) mass is 311 g/mol. The normalized spacial score (nSPS) is 19.4. The summed E-state index contributed by atoms with van der Waals surface area (Å²) in [5.74, 6) is -1.03. The number of hydrogen-bond donors (Lipinski definition) is 3. The Labute approximate surface area is 123 Å². The molecule has 1 aliphatic heterocycles. The van der Waals surface area contributed by atoms with Crippen LogP contribution in [0.15, 0.2) is 17.0 Å². The highest BCUT2D eigenvalue weighted by molar-refractivity contribution is 7.89. The molecule has 2 amide bonds. The van der Waals surface area contributed by atoms with Gasteiger partial charge in [0.15, 0.2) is 0 Å². The molecule has 1 saturated heterocycles. The summed E-state index contributed by atoms with van der Waals surface area (Å²) < 4.78 is 27.2. The Balaban J connectivity index is 2.31. The standard InChI is InChI=1S/C13H17N3O4S/c1-7-5-9(14)6-11(8(7)2)21(19,20)16-10-3-4-12(17)15-13(10)18/h5-6,10,16H,3-4,14H2,1-2H3,(H,15,17,18). The van der Waals surface area contributed by atoms with E-state index >= 15 is 0 Å². The summed E-state index contributed by atoms with van der Waals surface area (Å²) in [6.45, 7) is 3.44. The fraction of sp³-hybridized carbons (Fsp3) is 0.385. The topological polar surface area (TPSA) is 118 Å². The maximum atomic E-state index is 12.4. The third kappa shape index (κ3) is 3.22. The Hall–Kier alpha value is -1.93. The molecule has 2 rings (SSSR count). The number of rotatable bonds is 3. The van der Waals surface area contributed by atoms with Gasteiger partial charge in [-0.25, -0.2) is 8.42 Å². The second-order valence-corrected chi connectivity index (χ2v) is 6.77.